The van der Waals surface area contributed by atoms with Crippen molar-refractivity contribution in [3.63, 3.8) is 0 Å². The molecule has 1 unspecified atom stereocenters. The van der Waals surface area contributed by atoms with Crippen LogP contribution >= 0.6 is 0 Å². The smallest absolute Gasteiger partial charge is 0.277 e. The molecule has 6 rings (SSSR count). The van der Waals surface area contributed by atoms with E-state index in [0.29, 0.717) is 37.4 Å². The molecular formula is C27H28N4O4. The Labute approximate surface area is 203 Å². The van der Waals surface area contributed by atoms with Crippen molar-refractivity contribution in [3.8, 4) is 11.4 Å². The lowest BCUT2D eigenvalue weighted by Gasteiger charge is -2.30. The standard InChI is InChI=1S/C27H28N4O4/c1-17(32)25-22-11-14-30(20-7-5-19(6-8-20)29-13-3-2-4-24(29)33)27(34)26(22)31(28-25)21-9-10-23-18(16-21)12-15-35-23/h5-10,16-17,32H,2-4,11-15H2,1H3. The molecule has 180 valence electrons. The lowest BCUT2D eigenvalue weighted by atomic mass is 10.0. The normalized spacial score (nSPS) is 18.3. The van der Waals surface area contributed by atoms with Crippen LogP contribution in [0.4, 0.5) is 11.4 Å². The number of fused-ring (bicyclic) bond motifs is 2. The molecule has 0 saturated carbocycles. The predicted octanol–water partition coefficient (Wildman–Crippen LogP) is 3.58. The highest BCUT2D eigenvalue weighted by atomic mass is 16.5. The van der Waals surface area contributed by atoms with E-state index in [2.05, 4.69) is 5.10 Å². The molecule has 0 bridgehead atoms. The van der Waals surface area contributed by atoms with Crippen molar-refractivity contribution in [2.75, 3.05) is 29.5 Å². The Morgan fingerprint density at radius 3 is 2.40 bits per heavy atom. The molecule has 3 aliphatic rings. The van der Waals surface area contributed by atoms with E-state index < -0.39 is 6.10 Å². The van der Waals surface area contributed by atoms with Crippen molar-refractivity contribution in [2.45, 2.75) is 45.1 Å². The first-order valence-electron chi connectivity index (χ1n) is 12.3. The van der Waals surface area contributed by atoms with Crippen LogP contribution in [0, 0.1) is 0 Å². The zero-order chi connectivity index (χ0) is 24.1. The topological polar surface area (TPSA) is 87.9 Å². The van der Waals surface area contributed by atoms with E-state index in [4.69, 9.17) is 4.74 Å². The van der Waals surface area contributed by atoms with Gasteiger partial charge in [0.15, 0.2) is 0 Å². The Hall–Kier alpha value is -3.65. The quantitative estimate of drug-likeness (QED) is 0.627. The molecule has 0 aliphatic carbocycles. The molecular weight excluding hydrogens is 444 g/mol. The molecule has 0 radical (unpaired) electrons. The van der Waals surface area contributed by atoms with Crippen LogP contribution in [-0.2, 0) is 17.6 Å². The zero-order valence-corrected chi connectivity index (χ0v) is 19.7. The molecule has 1 aromatic heterocycles. The minimum Gasteiger partial charge on any atom is -0.493 e. The van der Waals surface area contributed by atoms with Crippen LogP contribution in [0.25, 0.3) is 5.69 Å². The molecule has 8 heteroatoms. The molecule has 1 fully saturated rings. The molecule has 8 nitrogen and oxygen atoms in total. The van der Waals surface area contributed by atoms with Crippen LogP contribution in [0.15, 0.2) is 42.5 Å². The maximum absolute atomic E-state index is 13.8. The van der Waals surface area contributed by atoms with Crippen LogP contribution in [0.1, 0.15) is 59.6 Å². The molecule has 1 atom stereocenters. The van der Waals surface area contributed by atoms with Crippen LogP contribution in [0.2, 0.25) is 0 Å². The van der Waals surface area contributed by atoms with Gasteiger partial charge in [0.05, 0.1) is 24.1 Å². The summed E-state index contributed by atoms with van der Waals surface area (Å²) in [6, 6.07) is 13.5. The van der Waals surface area contributed by atoms with Gasteiger partial charge < -0.3 is 19.6 Å². The molecule has 0 spiro atoms. The highest BCUT2D eigenvalue weighted by molar-refractivity contribution is 6.07. The van der Waals surface area contributed by atoms with Crippen molar-refractivity contribution in [3.05, 3.63) is 65.0 Å². The largest absolute Gasteiger partial charge is 0.493 e. The van der Waals surface area contributed by atoms with Crippen molar-refractivity contribution < 1.29 is 19.4 Å². The molecule has 1 N–H and O–H groups in total. The van der Waals surface area contributed by atoms with Crippen molar-refractivity contribution in [1.29, 1.82) is 0 Å². The molecule has 2 aromatic carbocycles. The van der Waals surface area contributed by atoms with Gasteiger partial charge in [0.2, 0.25) is 5.91 Å². The van der Waals surface area contributed by atoms with Gasteiger partial charge in [0, 0.05) is 42.9 Å². The minimum atomic E-state index is -0.775. The van der Waals surface area contributed by atoms with Gasteiger partial charge in [-0.15, -0.1) is 0 Å². The van der Waals surface area contributed by atoms with E-state index >= 15 is 0 Å². The highest BCUT2D eigenvalue weighted by Crippen LogP contribution is 2.34. The first kappa shape index (κ1) is 21.9. The highest BCUT2D eigenvalue weighted by Gasteiger charge is 2.34. The van der Waals surface area contributed by atoms with Crippen molar-refractivity contribution in [1.82, 2.24) is 9.78 Å². The second-order valence-corrected chi connectivity index (χ2v) is 9.42. The third kappa shape index (κ3) is 3.69. The summed E-state index contributed by atoms with van der Waals surface area (Å²) >= 11 is 0. The van der Waals surface area contributed by atoms with E-state index in [1.54, 1.807) is 16.5 Å². The number of carbonyl (C=O) groups is 2. The van der Waals surface area contributed by atoms with E-state index in [1.165, 1.54) is 0 Å². The molecule has 3 aliphatic heterocycles. The van der Waals surface area contributed by atoms with Crippen LogP contribution in [0.5, 0.6) is 5.75 Å². The monoisotopic (exact) mass is 472 g/mol. The first-order valence-corrected chi connectivity index (χ1v) is 12.3. The number of rotatable bonds is 4. The molecule has 1 saturated heterocycles. The number of aliphatic hydroxyl groups excluding tert-OH is 1. The summed E-state index contributed by atoms with van der Waals surface area (Å²) in [5.74, 6) is 0.868. The number of nitrogens with zero attached hydrogens (tertiary/aromatic N) is 4. The van der Waals surface area contributed by atoms with E-state index in [1.807, 2.05) is 47.4 Å². The molecule has 2 amide bonds. The summed E-state index contributed by atoms with van der Waals surface area (Å²) < 4.78 is 7.30. The van der Waals surface area contributed by atoms with Gasteiger partial charge in [-0.25, -0.2) is 4.68 Å². The van der Waals surface area contributed by atoms with Gasteiger partial charge in [-0.05, 0) is 74.2 Å². The van der Waals surface area contributed by atoms with Gasteiger partial charge in [-0.1, -0.05) is 0 Å². The summed E-state index contributed by atoms with van der Waals surface area (Å²) in [5, 5.41) is 15.1. The minimum absolute atomic E-state index is 0.149. The molecule has 4 heterocycles. The third-order valence-electron chi connectivity index (χ3n) is 7.16. The lowest BCUT2D eigenvalue weighted by molar-refractivity contribution is -0.119. The average Bonchev–Trinajstić information content (AvgIpc) is 3.50. The fourth-order valence-corrected chi connectivity index (χ4v) is 5.35. The Balaban J connectivity index is 1.35. The summed E-state index contributed by atoms with van der Waals surface area (Å²) in [6.07, 6.45) is 3.18. The van der Waals surface area contributed by atoms with E-state index in [9.17, 15) is 14.7 Å². The fraction of sp³-hybridized carbons (Fsp3) is 0.370. The van der Waals surface area contributed by atoms with E-state index in [0.717, 1.165) is 59.7 Å². The van der Waals surface area contributed by atoms with Gasteiger partial charge >= 0.3 is 0 Å². The number of amides is 2. The second-order valence-electron chi connectivity index (χ2n) is 9.42. The maximum atomic E-state index is 13.8. The van der Waals surface area contributed by atoms with Gasteiger partial charge in [0.25, 0.3) is 5.91 Å². The summed E-state index contributed by atoms with van der Waals surface area (Å²) in [4.78, 5) is 29.7. The number of ether oxygens (including phenoxy) is 1. The Morgan fingerprint density at radius 2 is 1.66 bits per heavy atom. The number of piperidine rings is 1. The Kier molecular flexibility index (Phi) is 5.33. The van der Waals surface area contributed by atoms with E-state index in [-0.39, 0.29) is 11.8 Å². The van der Waals surface area contributed by atoms with Crippen LogP contribution < -0.4 is 14.5 Å². The number of anilines is 2. The van der Waals surface area contributed by atoms with Crippen LogP contribution in [-0.4, -0.2) is 46.4 Å². The van der Waals surface area contributed by atoms with Crippen molar-refractivity contribution in [2.24, 2.45) is 0 Å². The summed E-state index contributed by atoms with van der Waals surface area (Å²) in [6.45, 7) is 3.57. The average molecular weight is 473 g/mol. The predicted molar refractivity (Wildman–Crippen MR) is 131 cm³/mol. The number of hydrogen-bond acceptors (Lipinski definition) is 5. The van der Waals surface area contributed by atoms with Crippen LogP contribution in [0.3, 0.4) is 0 Å². The summed E-state index contributed by atoms with van der Waals surface area (Å²) in [7, 11) is 0. The molecule has 35 heavy (non-hydrogen) atoms. The zero-order valence-electron chi connectivity index (χ0n) is 19.7. The number of carbonyl (C=O) groups excluding carboxylic acids is 2. The number of aromatic nitrogens is 2. The van der Waals surface area contributed by atoms with Gasteiger partial charge in [0.1, 0.15) is 11.4 Å². The second kappa shape index (κ2) is 8.53. The van der Waals surface area contributed by atoms with Crippen molar-refractivity contribution >= 4 is 23.2 Å². The van der Waals surface area contributed by atoms with Gasteiger partial charge in [-0.3, -0.25) is 9.59 Å². The van der Waals surface area contributed by atoms with Gasteiger partial charge in [-0.2, -0.15) is 5.10 Å². The number of benzene rings is 2. The lowest BCUT2D eigenvalue weighted by Crippen LogP contribution is -2.39. The number of hydrogen-bond donors (Lipinski definition) is 1. The molecule has 3 aromatic rings. The third-order valence-corrected chi connectivity index (χ3v) is 7.16. The summed E-state index contributed by atoms with van der Waals surface area (Å²) in [5.41, 5.74) is 5.35. The first-order chi connectivity index (χ1) is 17.0. The Morgan fingerprint density at radius 1 is 0.914 bits per heavy atom. The Bertz CT molecular complexity index is 1310. The number of aliphatic hydroxyl groups is 1. The maximum Gasteiger partial charge on any atom is 0.277 e. The SMILES string of the molecule is CC(O)c1nn(-c2ccc3c(c2)CCO3)c2c1CCN(c1ccc(N3CCCCC3=O)cc1)C2=O. The fourth-order valence-electron chi connectivity index (χ4n) is 5.35.